The Hall–Kier alpha value is -3.03. The number of hydrogen-bond donors (Lipinski definition) is 2. The van der Waals surface area contributed by atoms with Crippen molar-refractivity contribution in [1.82, 2.24) is 14.9 Å². The maximum atomic E-state index is 14.4. The van der Waals surface area contributed by atoms with Gasteiger partial charge in [0.2, 0.25) is 0 Å². The van der Waals surface area contributed by atoms with Crippen LogP contribution in [0, 0.1) is 5.82 Å². The number of nitrogens with zero attached hydrogens (tertiary/aromatic N) is 2. The lowest BCUT2D eigenvalue weighted by atomic mass is 9.90. The van der Waals surface area contributed by atoms with Crippen molar-refractivity contribution in [2.45, 2.75) is 63.5 Å². The van der Waals surface area contributed by atoms with Crippen LogP contribution < -0.4 is 5.56 Å². The Kier molecular flexibility index (Phi) is 6.47. The minimum absolute atomic E-state index is 0.00581. The first-order chi connectivity index (χ1) is 17.2. The molecule has 2 N–H and O–H groups in total. The Balaban J connectivity index is 1.44. The molecule has 0 spiro atoms. The number of H-pyrrole nitrogens is 1. The number of rotatable bonds is 5. The molecular formula is C28H29ClFN3O3. The van der Waals surface area contributed by atoms with E-state index in [9.17, 15) is 19.1 Å². The van der Waals surface area contributed by atoms with Gasteiger partial charge in [-0.2, -0.15) is 0 Å². The van der Waals surface area contributed by atoms with E-state index in [-0.39, 0.29) is 28.1 Å². The predicted molar refractivity (Wildman–Crippen MR) is 136 cm³/mol. The van der Waals surface area contributed by atoms with Gasteiger partial charge in [-0.1, -0.05) is 61.8 Å². The van der Waals surface area contributed by atoms with Gasteiger partial charge < -0.3 is 15.0 Å². The second kappa shape index (κ2) is 9.45. The molecule has 1 fully saturated rings. The molecule has 1 aliphatic carbocycles. The number of amides is 1. The van der Waals surface area contributed by atoms with Gasteiger partial charge >= 0.3 is 0 Å². The fraction of sp³-hybridized carbons (Fsp3) is 0.393. The van der Waals surface area contributed by atoms with Crippen LogP contribution in [0.25, 0.3) is 0 Å². The zero-order chi connectivity index (χ0) is 25.6. The number of aromatic nitrogens is 2. The monoisotopic (exact) mass is 509 g/mol. The van der Waals surface area contributed by atoms with Gasteiger partial charge in [0.1, 0.15) is 11.6 Å². The second-order valence-corrected chi connectivity index (χ2v) is 10.5. The van der Waals surface area contributed by atoms with Crippen LogP contribution >= 0.6 is 11.6 Å². The molecule has 0 saturated heterocycles. The topological polar surface area (TPSA) is 86.3 Å². The highest BCUT2D eigenvalue weighted by Crippen LogP contribution is 2.52. The minimum Gasteiger partial charge on any atom is -0.378 e. The van der Waals surface area contributed by atoms with Crippen LogP contribution in [0.3, 0.4) is 0 Å². The van der Waals surface area contributed by atoms with E-state index in [0.29, 0.717) is 42.4 Å². The number of nitrogens with one attached hydrogen (secondary N) is 1. The third kappa shape index (κ3) is 4.35. The van der Waals surface area contributed by atoms with Gasteiger partial charge in [-0.15, -0.1) is 0 Å². The molecule has 8 heteroatoms. The van der Waals surface area contributed by atoms with Crippen molar-refractivity contribution in [3.8, 4) is 0 Å². The molecule has 0 radical (unpaired) electrons. The highest BCUT2D eigenvalue weighted by molar-refractivity contribution is 6.30. The largest absolute Gasteiger partial charge is 0.378 e. The van der Waals surface area contributed by atoms with E-state index in [0.717, 1.165) is 18.4 Å². The van der Waals surface area contributed by atoms with Gasteiger partial charge in [-0.3, -0.25) is 9.59 Å². The van der Waals surface area contributed by atoms with E-state index in [4.69, 9.17) is 16.6 Å². The van der Waals surface area contributed by atoms with Gasteiger partial charge in [0.25, 0.3) is 11.5 Å². The summed E-state index contributed by atoms with van der Waals surface area (Å²) in [4.78, 5) is 35.6. The first kappa shape index (κ1) is 24.7. The molecule has 1 atom stereocenters. The van der Waals surface area contributed by atoms with E-state index in [1.165, 1.54) is 28.7 Å². The predicted octanol–water partition coefficient (Wildman–Crippen LogP) is 4.77. The summed E-state index contributed by atoms with van der Waals surface area (Å²) in [5, 5.41) is 10.4. The normalized spacial score (nSPS) is 17.4. The smallest absolute Gasteiger partial charge is 0.256 e. The third-order valence-corrected chi connectivity index (χ3v) is 7.71. The Morgan fingerprint density at radius 2 is 1.97 bits per heavy atom. The maximum Gasteiger partial charge on any atom is 0.256 e. The third-order valence-electron chi connectivity index (χ3n) is 7.42. The lowest BCUT2D eigenvalue weighted by molar-refractivity contribution is -0.141. The van der Waals surface area contributed by atoms with Gasteiger partial charge in [-0.25, -0.2) is 9.37 Å². The van der Waals surface area contributed by atoms with E-state index in [2.05, 4.69) is 43.1 Å². The van der Waals surface area contributed by atoms with Crippen molar-refractivity contribution >= 4 is 17.5 Å². The molecular weight excluding hydrogens is 481 g/mol. The average molecular weight is 510 g/mol. The van der Waals surface area contributed by atoms with Crippen molar-refractivity contribution in [2.75, 3.05) is 6.54 Å². The van der Waals surface area contributed by atoms with Crippen molar-refractivity contribution in [3.05, 3.63) is 97.4 Å². The number of benzene rings is 2. The first-order valence-electron chi connectivity index (χ1n) is 12.3. The molecule has 2 aliphatic rings. The average Bonchev–Trinajstić information content (AvgIpc) is 3.69. The zero-order valence-corrected chi connectivity index (χ0v) is 21.1. The number of aliphatic hydroxyl groups excluding tert-OH is 1. The van der Waals surface area contributed by atoms with Gasteiger partial charge in [0.15, 0.2) is 6.10 Å². The summed E-state index contributed by atoms with van der Waals surface area (Å²) in [6.07, 6.45) is 1.24. The molecule has 5 rings (SSSR count). The van der Waals surface area contributed by atoms with Gasteiger partial charge in [-0.05, 0) is 48.8 Å². The molecule has 1 unspecified atom stereocenters. The van der Waals surface area contributed by atoms with Crippen LogP contribution in [0.5, 0.6) is 0 Å². The van der Waals surface area contributed by atoms with Crippen LogP contribution in [0.2, 0.25) is 5.02 Å². The van der Waals surface area contributed by atoms with Crippen molar-refractivity contribution in [2.24, 2.45) is 0 Å². The molecule has 36 heavy (non-hydrogen) atoms. The molecule has 6 nitrogen and oxygen atoms in total. The number of carbonyl (C=O) groups is 1. The summed E-state index contributed by atoms with van der Waals surface area (Å²) in [6, 6.07) is 12.7. The molecule has 3 aromatic rings. The molecule has 188 valence electrons. The number of hydrogen-bond acceptors (Lipinski definition) is 4. The molecule has 2 aromatic carbocycles. The van der Waals surface area contributed by atoms with Crippen LogP contribution in [0.1, 0.15) is 78.9 Å². The summed E-state index contributed by atoms with van der Waals surface area (Å²) in [5.41, 5.74) is 2.76. The SMILES string of the molecule is CC(C)c1cccc(C2(c3nc4c(c(=O)[nH]3)CN(C(=O)C(O)c3cccc(Cl)c3F)CCC4)CC2)c1. The number of aliphatic hydroxyl groups is 1. The summed E-state index contributed by atoms with van der Waals surface area (Å²) in [7, 11) is 0. The minimum atomic E-state index is -1.71. The van der Waals surface area contributed by atoms with E-state index in [1.54, 1.807) is 0 Å². The fourth-order valence-electron chi connectivity index (χ4n) is 5.06. The van der Waals surface area contributed by atoms with E-state index >= 15 is 0 Å². The maximum absolute atomic E-state index is 14.4. The molecule has 1 saturated carbocycles. The van der Waals surface area contributed by atoms with Crippen molar-refractivity contribution < 1.29 is 14.3 Å². The number of aromatic amines is 1. The first-order valence-corrected chi connectivity index (χ1v) is 12.7. The fourth-order valence-corrected chi connectivity index (χ4v) is 5.24. The van der Waals surface area contributed by atoms with Crippen LogP contribution in [0.15, 0.2) is 47.3 Å². The van der Waals surface area contributed by atoms with Crippen LogP contribution in [-0.2, 0) is 23.2 Å². The lowest BCUT2D eigenvalue weighted by Gasteiger charge is -2.24. The summed E-state index contributed by atoms with van der Waals surface area (Å²) < 4.78 is 14.4. The van der Waals surface area contributed by atoms with Gasteiger partial charge in [0, 0.05) is 12.1 Å². The Morgan fingerprint density at radius 1 is 1.22 bits per heavy atom. The quantitative estimate of drug-likeness (QED) is 0.518. The summed E-state index contributed by atoms with van der Waals surface area (Å²) >= 11 is 5.82. The van der Waals surface area contributed by atoms with E-state index < -0.39 is 17.8 Å². The van der Waals surface area contributed by atoms with Gasteiger partial charge in [0.05, 0.1) is 28.2 Å². The number of carbonyl (C=O) groups excluding carboxylic acids is 1. The molecule has 0 bridgehead atoms. The Bertz CT molecular complexity index is 1380. The summed E-state index contributed by atoms with van der Waals surface area (Å²) in [5.74, 6) is -0.417. The summed E-state index contributed by atoms with van der Waals surface area (Å²) in [6.45, 7) is 4.65. The van der Waals surface area contributed by atoms with E-state index in [1.807, 2.05) is 0 Å². The van der Waals surface area contributed by atoms with Crippen molar-refractivity contribution in [1.29, 1.82) is 0 Å². The van der Waals surface area contributed by atoms with Crippen molar-refractivity contribution in [3.63, 3.8) is 0 Å². The second-order valence-electron chi connectivity index (χ2n) is 10.1. The number of halogens is 2. The molecule has 1 amide bonds. The molecule has 1 aliphatic heterocycles. The molecule has 1 aromatic heterocycles. The lowest BCUT2D eigenvalue weighted by Crippen LogP contribution is -2.37. The highest BCUT2D eigenvalue weighted by atomic mass is 35.5. The van der Waals surface area contributed by atoms with Crippen LogP contribution in [0.4, 0.5) is 4.39 Å². The Labute approximate surface area is 214 Å². The Morgan fingerprint density at radius 3 is 2.69 bits per heavy atom. The number of aryl methyl sites for hydroxylation is 1. The zero-order valence-electron chi connectivity index (χ0n) is 20.4. The number of fused-ring (bicyclic) bond motifs is 1. The highest BCUT2D eigenvalue weighted by Gasteiger charge is 2.49. The van der Waals surface area contributed by atoms with Crippen LogP contribution in [-0.4, -0.2) is 32.4 Å². The molecule has 2 heterocycles. The standard InChI is InChI=1S/C28H29ClFN3O3/c1-16(2)17-6-3-7-18(14-17)28(11-12-28)27-31-22-10-5-13-33(15-20(22)25(35)32-27)26(36)24(34)19-8-4-9-21(29)23(19)30/h3-4,6-9,14,16,24,34H,5,10-13,15H2,1-2H3,(H,31,32,35).